The van der Waals surface area contributed by atoms with E-state index in [-0.39, 0.29) is 5.97 Å². The lowest BCUT2D eigenvalue weighted by Gasteiger charge is -2.04. The second-order valence-corrected chi connectivity index (χ2v) is 3.09. The normalized spacial score (nSPS) is 9.93. The Hall–Kier alpha value is -1.42. The van der Waals surface area contributed by atoms with Crippen LogP contribution in [0.1, 0.15) is 18.9 Å². The average molecular weight is 208 g/mol. The maximum absolute atomic E-state index is 11.0. The van der Waals surface area contributed by atoms with Gasteiger partial charge in [-0.3, -0.25) is 9.78 Å². The summed E-state index contributed by atoms with van der Waals surface area (Å²) in [6.07, 6.45) is 3.92. The zero-order valence-electron chi connectivity index (χ0n) is 8.90. The molecule has 0 aliphatic heterocycles. The summed E-state index contributed by atoms with van der Waals surface area (Å²) in [7, 11) is 0. The van der Waals surface area contributed by atoms with Crippen molar-refractivity contribution in [2.24, 2.45) is 0 Å². The first-order valence-corrected chi connectivity index (χ1v) is 5.08. The molecule has 0 saturated carbocycles. The fourth-order valence-corrected chi connectivity index (χ4v) is 1.16. The van der Waals surface area contributed by atoms with Gasteiger partial charge in [-0.05, 0) is 24.6 Å². The Bertz CT molecular complexity index is 288. The van der Waals surface area contributed by atoms with Crippen molar-refractivity contribution in [3.05, 3.63) is 30.1 Å². The number of rotatable bonds is 6. The highest BCUT2D eigenvalue weighted by Crippen LogP contribution is 1.94. The van der Waals surface area contributed by atoms with Gasteiger partial charge >= 0.3 is 5.97 Å². The molecule has 82 valence electrons. The summed E-state index contributed by atoms with van der Waals surface area (Å²) in [6, 6.07) is 3.88. The fraction of sp³-hybridized carbons (Fsp3) is 0.455. The summed E-state index contributed by atoms with van der Waals surface area (Å²) in [5, 5.41) is 3.16. The highest BCUT2D eigenvalue weighted by Gasteiger charge is 1.99. The fourth-order valence-electron chi connectivity index (χ4n) is 1.16. The smallest absolute Gasteiger partial charge is 0.307 e. The third-order valence-electron chi connectivity index (χ3n) is 1.89. The number of esters is 1. The summed E-state index contributed by atoms with van der Waals surface area (Å²) in [4.78, 5) is 14.9. The molecule has 0 saturated heterocycles. The minimum Gasteiger partial charge on any atom is -0.466 e. The Morgan fingerprint density at radius 3 is 2.87 bits per heavy atom. The maximum Gasteiger partial charge on any atom is 0.307 e. The topological polar surface area (TPSA) is 51.2 Å². The monoisotopic (exact) mass is 208 g/mol. The summed E-state index contributed by atoms with van der Waals surface area (Å²) in [5.74, 6) is -0.153. The van der Waals surface area contributed by atoms with Crippen LogP contribution in [0.15, 0.2) is 24.5 Å². The van der Waals surface area contributed by atoms with Crippen LogP contribution in [0.3, 0.4) is 0 Å². The zero-order chi connectivity index (χ0) is 10.9. The van der Waals surface area contributed by atoms with Crippen LogP contribution in [0.5, 0.6) is 0 Å². The standard InChI is InChI=1S/C11H16N2O2/c1-2-15-11(14)5-8-13-9-10-3-6-12-7-4-10/h3-4,6-7,13H,2,5,8-9H2,1H3. The molecule has 0 aromatic carbocycles. The number of ether oxygens (including phenoxy) is 1. The van der Waals surface area contributed by atoms with Crippen molar-refractivity contribution in [1.82, 2.24) is 10.3 Å². The van der Waals surface area contributed by atoms with Crippen LogP contribution in [0, 0.1) is 0 Å². The first-order valence-electron chi connectivity index (χ1n) is 5.08. The highest BCUT2D eigenvalue weighted by atomic mass is 16.5. The SMILES string of the molecule is CCOC(=O)CCNCc1ccncc1. The van der Waals surface area contributed by atoms with Crippen molar-refractivity contribution in [1.29, 1.82) is 0 Å². The van der Waals surface area contributed by atoms with Crippen molar-refractivity contribution in [3.63, 3.8) is 0 Å². The van der Waals surface area contributed by atoms with Gasteiger partial charge in [-0.25, -0.2) is 0 Å². The molecule has 0 unspecified atom stereocenters. The highest BCUT2D eigenvalue weighted by molar-refractivity contribution is 5.69. The van der Waals surface area contributed by atoms with E-state index in [9.17, 15) is 4.79 Å². The number of carbonyl (C=O) groups excluding carboxylic acids is 1. The molecule has 0 atom stereocenters. The van der Waals surface area contributed by atoms with Crippen molar-refractivity contribution in [3.8, 4) is 0 Å². The number of nitrogens with zero attached hydrogens (tertiary/aromatic N) is 1. The molecular weight excluding hydrogens is 192 g/mol. The lowest BCUT2D eigenvalue weighted by molar-refractivity contribution is -0.142. The molecule has 1 heterocycles. The number of hydrogen-bond donors (Lipinski definition) is 1. The van der Waals surface area contributed by atoms with E-state index in [0.717, 1.165) is 12.1 Å². The van der Waals surface area contributed by atoms with Gasteiger partial charge in [-0.2, -0.15) is 0 Å². The molecule has 0 aliphatic carbocycles. The van der Waals surface area contributed by atoms with Crippen molar-refractivity contribution in [2.75, 3.05) is 13.2 Å². The van der Waals surface area contributed by atoms with E-state index in [2.05, 4.69) is 10.3 Å². The summed E-state index contributed by atoms with van der Waals surface area (Å²) in [5.41, 5.74) is 1.16. The zero-order valence-corrected chi connectivity index (χ0v) is 8.90. The van der Waals surface area contributed by atoms with Crippen molar-refractivity contribution < 1.29 is 9.53 Å². The van der Waals surface area contributed by atoms with E-state index in [4.69, 9.17) is 4.74 Å². The molecule has 4 heteroatoms. The molecule has 0 fully saturated rings. The minimum atomic E-state index is -0.153. The average Bonchev–Trinajstić information content (AvgIpc) is 2.26. The molecule has 1 aromatic heterocycles. The van der Waals surface area contributed by atoms with Crippen LogP contribution >= 0.6 is 0 Å². The molecular formula is C11H16N2O2. The van der Waals surface area contributed by atoms with Crippen molar-refractivity contribution >= 4 is 5.97 Å². The van der Waals surface area contributed by atoms with Crippen molar-refractivity contribution in [2.45, 2.75) is 19.9 Å². The maximum atomic E-state index is 11.0. The number of hydrogen-bond acceptors (Lipinski definition) is 4. The number of carbonyl (C=O) groups is 1. The number of nitrogens with one attached hydrogen (secondary N) is 1. The lowest BCUT2D eigenvalue weighted by atomic mass is 10.2. The van der Waals surface area contributed by atoms with Crippen LogP contribution in [0.25, 0.3) is 0 Å². The van der Waals surface area contributed by atoms with Gasteiger partial charge in [0.2, 0.25) is 0 Å². The summed E-state index contributed by atoms with van der Waals surface area (Å²) in [6.45, 7) is 3.65. The Balaban J connectivity index is 2.10. The van der Waals surface area contributed by atoms with Gasteiger partial charge < -0.3 is 10.1 Å². The van der Waals surface area contributed by atoms with Gasteiger partial charge in [0.15, 0.2) is 0 Å². The molecule has 0 radical (unpaired) electrons. The first kappa shape index (κ1) is 11.7. The molecule has 0 bridgehead atoms. The van der Waals surface area contributed by atoms with Gasteiger partial charge in [0.1, 0.15) is 0 Å². The van der Waals surface area contributed by atoms with E-state index in [1.807, 2.05) is 19.1 Å². The molecule has 0 spiro atoms. The van der Waals surface area contributed by atoms with Crippen LogP contribution in [0.4, 0.5) is 0 Å². The van der Waals surface area contributed by atoms with Crippen LogP contribution < -0.4 is 5.32 Å². The van der Waals surface area contributed by atoms with Gasteiger partial charge in [0.05, 0.1) is 13.0 Å². The molecule has 0 aliphatic rings. The predicted molar refractivity (Wildman–Crippen MR) is 57.2 cm³/mol. The van der Waals surface area contributed by atoms with Gasteiger partial charge in [0.25, 0.3) is 0 Å². The predicted octanol–water partition coefficient (Wildman–Crippen LogP) is 1.12. The molecule has 4 nitrogen and oxygen atoms in total. The van der Waals surface area contributed by atoms with Gasteiger partial charge in [-0.1, -0.05) is 0 Å². The first-order chi connectivity index (χ1) is 7.33. The third-order valence-corrected chi connectivity index (χ3v) is 1.89. The molecule has 1 aromatic rings. The van der Waals surface area contributed by atoms with Crippen LogP contribution in [-0.4, -0.2) is 24.1 Å². The van der Waals surface area contributed by atoms with E-state index >= 15 is 0 Å². The lowest BCUT2D eigenvalue weighted by Crippen LogP contribution is -2.18. The van der Waals surface area contributed by atoms with E-state index < -0.39 is 0 Å². The van der Waals surface area contributed by atoms with E-state index in [1.165, 1.54) is 0 Å². The summed E-state index contributed by atoms with van der Waals surface area (Å²) < 4.78 is 4.81. The quantitative estimate of drug-likeness (QED) is 0.562. The second kappa shape index (κ2) is 6.95. The molecule has 1 N–H and O–H groups in total. The number of pyridine rings is 1. The van der Waals surface area contributed by atoms with E-state index in [0.29, 0.717) is 19.6 Å². The Labute approximate surface area is 89.7 Å². The molecule has 0 amide bonds. The van der Waals surface area contributed by atoms with E-state index in [1.54, 1.807) is 12.4 Å². The van der Waals surface area contributed by atoms with Gasteiger partial charge in [0, 0.05) is 25.5 Å². The largest absolute Gasteiger partial charge is 0.466 e. The summed E-state index contributed by atoms with van der Waals surface area (Å²) >= 11 is 0. The second-order valence-electron chi connectivity index (χ2n) is 3.09. The molecule has 15 heavy (non-hydrogen) atoms. The Morgan fingerprint density at radius 1 is 1.47 bits per heavy atom. The Morgan fingerprint density at radius 2 is 2.20 bits per heavy atom. The van der Waals surface area contributed by atoms with Crippen LogP contribution in [-0.2, 0) is 16.1 Å². The van der Waals surface area contributed by atoms with Crippen LogP contribution in [0.2, 0.25) is 0 Å². The third kappa shape index (κ3) is 5.12. The Kier molecular flexibility index (Phi) is 5.40. The van der Waals surface area contributed by atoms with Gasteiger partial charge in [-0.15, -0.1) is 0 Å². The minimum absolute atomic E-state index is 0.153. The molecule has 1 rings (SSSR count). The number of aromatic nitrogens is 1.